The molecule has 0 radical (unpaired) electrons. The zero-order valence-electron chi connectivity index (χ0n) is 19.0. The molecule has 0 aliphatic carbocycles. The van der Waals surface area contributed by atoms with Crippen molar-refractivity contribution in [1.82, 2.24) is 0 Å². The molecule has 0 saturated heterocycles. The zero-order chi connectivity index (χ0) is 23.2. The van der Waals surface area contributed by atoms with Gasteiger partial charge in [0.25, 0.3) is 0 Å². The van der Waals surface area contributed by atoms with Gasteiger partial charge in [-0.1, -0.05) is 103 Å². The number of hydrogen-bond donors (Lipinski definition) is 0. The molecule has 0 amide bonds. The van der Waals surface area contributed by atoms with Crippen LogP contribution in [0.3, 0.4) is 0 Å². The van der Waals surface area contributed by atoms with Crippen LogP contribution in [-0.4, -0.2) is 0 Å². The fourth-order valence-corrected chi connectivity index (χ4v) is 11.0. The third kappa shape index (κ3) is 3.27. The highest BCUT2D eigenvalue weighted by Gasteiger charge is 2.51. The van der Waals surface area contributed by atoms with Crippen LogP contribution >= 0.6 is 16.4 Å². The predicted molar refractivity (Wildman–Crippen MR) is 152 cm³/mol. The van der Waals surface area contributed by atoms with Crippen molar-refractivity contribution in [3.8, 4) is 0 Å². The average molecular weight is 487 g/mol. The van der Waals surface area contributed by atoms with Crippen LogP contribution in [0.1, 0.15) is 0 Å². The normalized spacial score (nSPS) is 18.1. The largest absolute Gasteiger partial charge is 0.296 e. The van der Waals surface area contributed by atoms with Crippen molar-refractivity contribution in [1.29, 1.82) is 0 Å². The van der Waals surface area contributed by atoms with Gasteiger partial charge in [-0.2, -0.15) is 0 Å². The second kappa shape index (κ2) is 8.54. The van der Waals surface area contributed by atoms with Crippen molar-refractivity contribution in [3.05, 3.63) is 140 Å². The van der Waals surface area contributed by atoms with Gasteiger partial charge in [0.1, 0.15) is 16.4 Å². The van der Waals surface area contributed by atoms with E-state index in [-0.39, 0.29) is 0 Å². The number of nitrogens with zero attached hydrogens (tertiary/aromatic N) is 3. The van der Waals surface area contributed by atoms with Gasteiger partial charge >= 0.3 is 0 Å². The van der Waals surface area contributed by atoms with Crippen molar-refractivity contribution in [2.24, 2.45) is 0 Å². The third-order valence-electron chi connectivity index (χ3n) is 6.36. The molecule has 5 heteroatoms. The summed E-state index contributed by atoms with van der Waals surface area (Å²) in [6.45, 7) is 0. The lowest BCUT2D eigenvalue weighted by atomic mass is 10.2. The SMILES string of the molecule is c1ccc(N2c3cccc4c3N(P2c2ccccc2)P(c2ccccc2)N4c2ccccc2)cc1. The fourth-order valence-electron chi connectivity index (χ4n) is 4.92. The van der Waals surface area contributed by atoms with E-state index in [1.54, 1.807) is 0 Å². The summed E-state index contributed by atoms with van der Waals surface area (Å²) >= 11 is 0. The van der Waals surface area contributed by atoms with E-state index in [0.717, 1.165) is 0 Å². The Balaban J connectivity index is 1.52. The Morgan fingerprint density at radius 3 is 1.14 bits per heavy atom. The molecule has 3 nitrogen and oxygen atoms in total. The number of benzene rings is 5. The first-order valence-corrected chi connectivity index (χ1v) is 14.2. The van der Waals surface area contributed by atoms with E-state index >= 15 is 0 Å². The molecule has 0 bridgehead atoms. The highest BCUT2D eigenvalue weighted by molar-refractivity contribution is 7.87. The third-order valence-corrected chi connectivity index (χ3v) is 11.7. The number of rotatable bonds is 4. The van der Waals surface area contributed by atoms with Crippen LogP contribution in [0.2, 0.25) is 0 Å². The van der Waals surface area contributed by atoms with Gasteiger partial charge in [0.2, 0.25) is 0 Å². The number of anilines is 5. The van der Waals surface area contributed by atoms with Gasteiger partial charge in [0.05, 0.1) is 17.1 Å². The second-order valence-corrected chi connectivity index (χ2v) is 12.6. The van der Waals surface area contributed by atoms with E-state index in [1.165, 1.54) is 39.0 Å². The molecule has 168 valence electrons. The first-order chi connectivity index (χ1) is 17.4. The van der Waals surface area contributed by atoms with Gasteiger partial charge in [-0.25, -0.2) is 0 Å². The Kier molecular flexibility index (Phi) is 5.05. The van der Waals surface area contributed by atoms with E-state index in [1.807, 2.05) is 0 Å². The molecule has 0 spiro atoms. The van der Waals surface area contributed by atoms with E-state index in [2.05, 4.69) is 153 Å². The van der Waals surface area contributed by atoms with Gasteiger partial charge in [0, 0.05) is 22.0 Å². The molecule has 7 rings (SSSR count). The molecule has 5 aromatic rings. The van der Waals surface area contributed by atoms with Crippen molar-refractivity contribution >= 4 is 55.5 Å². The van der Waals surface area contributed by atoms with Crippen LogP contribution < -0.4 is 24.4 Å². The second-order valence-electron chi connectivity index (χ2n) is 8.48. The monoisotopic (exact) mass is 487 g/mol. The smallest absolute Gasteiger partial charge is 0.139 e. The van der Waals surface area contributed by atoms with Gasteiger partial charge in [-0.3, -0.25) is 13.8 Å². The molecule has 0 N–H and O–H groups in total. The maximum Gasteiger partial charge on any atom is 0.139 e. The molecule has 35 heavy (non-hydrogen) atoms. The summed E-state index contributed by atoms with van der Waals surface area (Å²) in [4.78, 5) is 0. The van der Waals surface area contributed by atoms with Gasteiger partial charge in [0.15, 0.2) is 0 Å². The average Bonchev–Trinajstić information content (AvgIpc) is 3.47. The summed E-state index contributed by atoms with van der Waals surface area (Å²) in [5.41, 5.74) is 6.38. The highest BCUT2D eigenvalue weighted by Crippen LogP contribution is 2.78. The molecule has 2 heterocycles. The molecular formula is C30H23N3P2. The Labute approximate surface area is 208 Å². The molecule has 2 aliphatic heterocycles. The predicted octanol–water partition coefficient (Wildman–Crippen LogP) is 8.07. The first-order valence-electron chi connectivity index (χ1n) is 11.8. The molecule has 2 atom stereocenters. The van der Waals surface area contributed by atoms with Gasteiger partial charge < -0.3 is 0 Å². The van der Waals surface area contributed by atoms with Crippen LogP contribution in [0.4, 0.5) is 28.4 Å². The van der Waals surface area contributed by atoms with E-state index in [4.69, 9.17) is 0 Å². The van der Waals surface area contributed by atoms with E-state index < -0.39 is 16.4 Å². The zero-order valence-corrected chi connectivity index (χ0v) is 20.8. The highest BCUT2D eigenvalue weighted by atomic mass is 31.2. The fraction of sp³-hybridized carbons (Fsp3) is 0. The van der Waals surface area contributed by atoms with Crippen LogP contribution in [0, 0.1) is 0 Å². The van der Waals surface area contributed by atoms with Crippen molar-refractivity contribution < 1.29 is 0 Å². The van der Waals surface area contributed by atoms with E-state index in [0.29, 0.717) is 0 Å². The number of para-hydroxylation sites is 3. The van der Waals surface area contributed by atoms with Crippen molar-refractivity contribution in [2.75, 3.05) is 13.8 Å². The van der Waals surface area contributed by atoms with Crippen LogP contribution in [0.5, 0.6) is 0 Å². The molecular weight excluding hydrogens is 464 g/mol. The van der Waals surface area contributed by atoms with Crippen molar-refractivity contribution in [2.45, 2.75) is 0 Å². The Hall–Kier alpha value is -3.64. The maximum atomic E-state index is 2.74. The summed E-state index contributed by atoms with van der Waals surface area (Å²) in [5, 5.41) is 2.71. The molecule has 0 saturated carbocycles. The first kappa shape index (κ1) is 20.7. The minimum Gasteiger partial charge on any atom is -0.296 e. The minimum absolute atomic E-state index is 0.844. The van der Waals surface area contributed by atoms with Crippen LogP contribution in [0.15, 0.2) is 140 Å². The number of hydrogen-bond acceptors (Lipinski definition) is 3. The lowest BCUT2D eigenvalue weighted by Crippen LogP contribution is -2.27. The standard InChI is InChI=1S/C30H23N3P2/c1-5-14-24(15-6-1)31-28-22-13-23-29-30(28)33(34(31)26-18-9-3-10-19-26)35(27-20-11-4-12-21-27)32(29)25-16-7-2-8-17-25/h1-23H. The Bertz CT molecular complexity index is 1350. The van der Waals surface area contributed by atoms with Gasteiger partial charge in [-0.15, -0.1) is 0 Å². The maximum absolute atomic E-state index is 2.74. The lowest BCUT2D eigenvalue weighted by Gasteiger charge is -2.38. The van der Waals surface area contributed by atoms with Crippen LogP contribution in [-0.2, 0) is 0 Å². The van der Waals surface area contributed by atoms with Crippen molar-refractivity contribution in [3.63, 3.8) is 0 Å². The summed E-state index contributed by atoms with van der Waals surface area (Å²) in [6.07, 6.45) is 0. The van der Waals surface area contributed by atoms with E-state index in [9.17, 15) is 0 Å². The minimum atomic E-state index is -0.844. The summed E-state index contributed by atoms with van der Waals surface area (Å²) in [6, 6.07) is 50.5. The Morgan fingerprint density at radius 1 is 0.371 bits per heavy atom. The molecule has 0 fully saturated rings. The van der Waals surface area contributed by atoms with Gasteiger partial charge in [-0.05, 0) is 36.4 Å². The lowest BCUT2D eigenvalue weighted by molar-refractivity contribution is 1.41. The Morgan fingerprint density at radius 2 is 0.743 bits per heavy atom. The molecule has 5 aromatic carbocycles. The van der Waals surface area contributed by atoms with Crippen LogP contribution in [0.25, 0.3) is 0 Å². The summed E-state index contributed by atoms with van der Waals surface area (Å²) in [7, 11) is -1.69. The molecule has 2 unspecified atom stereocenters. The molecule has 0 aromatic heterocycles. The molecule has 2 aliphatic rings. The quantitative estimate of drug-likeness (QED) is 0.237. The summed E-state index contributed by atoms with van der Waals surface area (Å²) in [5.74, 6) is 0. The topological polar surface area (TPSA) is 9.72 Å². The summed E-state index contributed by atoms with van der Waals surface area (Å²) < 4.78 is 7.88.